The van der Waals surface area contributed by atoms with Crippen LogP contribution in [0.2, 0.25) is 10.0 Å². The molecule has 4 rings (SSSR count). The fourth-order valence-corrected chi connectivity index (χ4v) is 4.92. The highest BCUT2D eigenvalue weighted by molar-refractivity contribution is 8.00. The van der Waals surface area contributed by atoms with E-state index in [1.54, 1.807) is 29.4 Å². The number of halogens is 2. The molecule has 0 bridgehead atoms. The molecule has 4 aromatic rings. The molecule has 0 fully saturated rings. The number of benzene rings is 2. The van der Waals surface area contributed by atoms with Crippen molar-refractivity contribution in [1.29, 1.82) is 0 Å². The number of rotatable bonds is 7. The molecule has 0 aliphatic rings. The Labute approximate surface area is 186 Å². The van der Waals surface area contributed by atoms with E-state index < -0.39 is 0 Å². The Bertz CT molecular complexity index is 1150. The first kappa shape index (κ1) is 20.2. The van der Waals surface area contributed by atoms with Gasteiger partial charge in [-0.2, -0.15) is 5.10 Å². The maximum Gasteiger partial charge on any atom is 0.212 e. The quantitative estimate of drug-likeness (QED) is 0.188. The van der Waals surface area contributed by atoms with Crippen LogP contribution in [0, 0.1) is 6.92 Å². The zero-order valence-corrected chi connectivity index (χ0v) is 18.5. The van der Waals surface area contributed by atoms with Crippen molar-refractivity contribution in [3.05, 3.63) is 81.0 Å². The van der Waals surface area contributed by atoms with Gasteiger partial charge < -0.3 is 4.84 Å². The van der Waals surface area contributed by atoms with Gasteiger partial charge in [0.05, 0.1) is 10.6 Å². The third-order valence-corrected chi connectivity index (χ3v) is 7.00. The van der Waals surface area contributed by atoms with E-state index in [-0.39, 0.29) is 0 Å². The van der Waals surface area contributed by atoms with Crippen molar-refractivity contribution in [1.82, 2.24) is 14.6 Å². The van der Waals surface area contributed by atoms with Crippen LogP contribution < -0.4 is 0 Å². The van der Waals surface area contributed by atoms with Gasteiger partial charge in [0.2, 0.25) is 4.96 Å². The SMILES string of the molecule is Cc1c(/C(CSc2ccc(Cl)cc2)=N/OCc2ccccc2Cl)sc2ncnn12. The van der Waals surface area contributed by atoms with Crippen LogP contribution in [0.4, 0.5) is 0 Å². The molecule has 0 saturated carbocycles. The number of hydrogen-bond acceptors (Lipinski definition) is 6. The second kappa shape index (κ2) is 9.17. The molecule has 0 saturated heterocycles. The molecule has 0 aliphatic heterocycles. The standard InChI is InChI=1S/C20H16Cl2N4OS2/c1-13-19(29-20-23-12-24-26(13)20)18(11-28-16-8-6-15(21)7-9-16)25-27-10-14-4-2-3-5-17(14)22/h2-9,12H,10-11H2,1H3/b25-18+. The summed E-state index contributed by atoms with van der Waals surface area (Å²) in [4.78, 5) is 12.9. The van der Waals surface area contributed by atoms with Crippen LogP contribution in [-0.2, 0) is 11.4 Å². The van der Waals surface area contributed by atoms with Gasteiger partial charge >= 0.3 is 0 Å². The zero-order valence-electron chi connectivity index (χ0n) is 15.4. The monoisotopic (exact) mass is 462 g/mol. The Morgan fingerprint density at radius 2 is 1.97 bits per heavy atom. The maximum atomic E-state index is 6.21. The van der Waals surface area contributed by atoms with Crippen LogP contribution in [0.5, 0.6) is 0 Å². The van der Waals surface area contributed by atoms with Gasteiger partial charge in [-0.3, -0.25) is 0 Å². The Morgan fingerprint density at radius 1 is 1.17 bits per heavy atom. The summed E-state index contributed by atoms with van der Waals surface area (Å²) in [5, 5.41) is 10.1. The minimum atomic E-state index is 0.300. The molecule has 5 nitrogen and oxygen atoms in total. The summed E-state index contributed by atoms with van der Waals surface area (Å²) in [6, 6.07) is 15.3. The summed E-state index contributed by atoms with van der Waals surface area (Å²) in [5.74, 6) is 0.634. The predicted octanol–water partition coefficient (Wildman–Crippen LogP) is 6.12. The van der Waals surface area contributed by atoms with Gasteiger partial charge in [-0.1, -0.05) is 57.9 Å². The smallest absolute Gasteiger partial charge is 0.212 e. The molecule has 2 heterocycles. The number of hydrogen-bond donors (Lipinski definition) is 0. The molecule has 2 aromatic carbocycles. The fraction of sp³-hybridized carbons (Fsp3) is 0.150. The number of thioether (sulfide) groups is 1. The highest BCUT2D eigenvalue weighted by Crippen LogP contribution is 2.27. The molecular weight excluding hydrogens is 447 g/mol. The minimum Gasteiger partial charge on any atom is -0.391 e. The summed E-state index contributed by atoms with van der Waals surface area (Å²) in [7, 11) is 0. The van der Waals surface area contributed by atoms with Crippen LogP contribution in [0.25, 0.3) is 4.96 Å². The molecule has 0 radical (unpaired) electrons. The van der Waals surface area contributed by atoms with Crippen molar-refractivity contribution >= 4 is 57.0 Å². The number of thiazole rings is 1. The third-order valence-electron chi connectivity index (χ3n) is 4.16. The van der Waals surface area contributed by atoms with E-state index in [0.717, 1.165) is 31.7 Å². The number of oxime groups is 1. The molecule has 0 atom stereocenters. The van der Waals surface area contributed by atoms with Crippen molar-refractivity contribution in [2.75, 3.05) is 5.75 Å². The Morgan fingerprint density at radius 3 is 2.72 bits per heavy atom. The first-order valence-electron chi connectivity index (χ1n) is 8.72. The lowest BCUT2D eigenvalue weighted by molar-refractivity contribution is 0.130. The molecule has 0 N–H and O–H groups in total. The largest absolute Gasteiger partial charge is 0.391 e. The number of aromatic nitrogens is 3. The lowest BCUT2D eigenvalue weighted by atomic mass is 10.2. The van der Waals surface area contributed by atoms with E-state index in [1.165, 1.54) is 0 Å². The second-order valence-electron chi connectivity index (χ2n) is 6.12. The predicted molar refractivity (Wildman–Crippen MR) is 121 cm³/mol. The lowest BCUT2D eigenvalue weighted by Gasteiger charge is -2.07. The highest BCUT2D eigenvalue weighted by atomic mass is 35.5. The van der Waals surface area contributed by atoms with Gasteiger partial charge in [-0.05, 0) is 37.3 Å². The average Bonchev–Trinajstić information content (AvgIpc) is 3.30. The molecule has 0 amide bonds. The van der Waals surface area contributed by atoms with E-state index in [2.05, 4.69) is 15.2 Å². The second-order valence-corrected chi connectivity index (χ2v) is 8.99. The number of aryl methyl sites for hydroxylation is 1. The van der Waals surface area contributed by atoms with Crippen LogP contribution in [0.3, 0.4) is 0 Å². The molecule has 2 aromatic heterocycles. The van der Waals surface area contributed by atoms with Gasteiger partial charge in [0, 0.05) is 26.3 Å². The van der Waals surface area contributed by atoms with E-state index in [9.17, 15) is 0 Å². The molecule has 148 valence electrons. The first-order valence-corrected chi connectivity index (χ1v) is 11.3. The summed E-state index contributed by atoms with van der Waals surface area (Å²) >= 11 is 15.4. The van der Waals surface area contributed by atoms with Crippen molar-refractivity contribution < 1.29 is 4.84 Å². The molecule has 0 unspecified atom stereocenters. The van der Waals surface area contributed by atoms with Crippen LogP contribution in [0.15, 0.2) is 64.9 Å². The first-order chi connectivity index (χ1) is 14.1. The van der Waals surface area contributed by atoms with Crippen molar-refractivity contribution in [3.8, 4) is 0 Å². The molecular formula is C20H16Cl2N4OS2. The lowest BCUT2D eigenvalue weighted by Crippen LogP contribution is -2.07. The van der Waals surface area contributed by atoms with Crippen LogP contribution in [0.1, 0.15) is 16.1 Å². The minimum absolute atomic E-state index is 0.300. The summed E-state index contributed by atoms with van der Waals surface area (Å²) in [6.45, 7) is 2.30. The fourth-order valence-electron chi connectivity index (χ4n) is 2.67. The van der Waals surface area contributed by atoms with E-state index in [1.807, 2.05) is 60.0 Å². The normalized spacial score (nSPS) is 11.9. The highest BCUT2D eigenvalue weighted by Gasteiger charge is 2.17. The van der Waals surface area contributed by atoms with Crippen molar-refractivity contribution in [3.63, 3.8) is 0 Å². The maximum absolute atomic E-state index is 6.21. The van der Waals surface area contributed by atoms with Crippen LogP contribution >= 0.6 is 46.3 Å². The van der Waals surface area contributed by atoms with Gasteiger partial charge in [0.15, 0.2) is 0 Å². The summed E-state index contributed by atoms with van der Waals surface area (Å²) in [5.41, 5.74) is 2.70. The van der Waals surface area contributed by atoms with E-state index in [0.29, 0.717) is 22.4 Å². The van der Waals surface area contributed by atoms with Gasteiger partial charge in [0.25, 0.3) is 0 Å². The summed E-state index contributed by atoms with van der Waals surface area (Å²) < 4.78 is 1.82. The van der Waals surface area contributed by atoms with Gasteiger partial charge in [-0.15, -0.1) is 11.8 Å². The Hall–Kier alpha value is -2.06. The van der Waals surface area contributed by atoms with E-state index >= 15 is 0 Å². The Balaban J connectivity index is 1.57. The van der Waals surface area contributed by atoms with Crippen molar-refractivity contribution in [2.24, 2.45) is 5.16 Å². The number of nitrogens with zero attached hydrogens (tertiary/aromatic N) is 4. The third kappa shape index (κ3) is 4.75. The molecule has 9 heteroatoms. The zero-order chi connectivity index (χ0) is 20.2. The summed E-state index contributed by atoms with van der Waals surface area (Å²) in [6.07, 6.45) is 1.55. The topological polar surface area (TPSA) is 51.8 Å². The van der Waals surface area contributed by atoms with Gasteiger partial charge in [0.1, 0.15) is 18.6 Å². The molecule has 29 heavy (non-hydrogen) atoms. The average molecular weight is 463 g/mol. The van der Waals surface area contributed by atoms with E-state index in [4.69, 9.17) is 28.0 Å². The Kier molecular flexibility index (Phi) is 6.40. The molecule has 0 aliphatic carbocycles. The van der Waals surface area contributed by atoms with Crippen molar-refractivity contribution in [2.45, 2.75) is 18.4 Å². The van der Waals surface area contributed by atoms with Gasteiger partial charge in [-0.25, -0.2) is 9.50 Å². The molecule has 0 spiro atoms. The van der Waals surface area contributed by atoms with Crippen LogP contribution in [-0.4, -0.2) is 26.1 Å². The number of fused-ring (bicyclic) bond motifs is 1.